The molecule has 0 atom stereocenters. The monoisotopic (exact) mass is 756 g/mol. The lowest BCUT2D eigenvalue weighted by Crippen LogP contribution is -2.30. The van der Waals surface area contributed by atoms with Gasteiger partial charge in [0.15, 0.2) is 0 Å². The number of methoxy groups -OCH3 is 1. The normalized spacial score (nSPS) is 11.9. The van der Waals surface area contributed by atoms with Crippen LogP contribution in [-0.2, 0) is 28.1 Å². The molecule has 4 aromatic carbocycles. The highest BCUT2D eigenvalue weighted by atomic mass is 32.2. The topological polar surface area (TPSA) is 52.6 Å². The maximum atomic E-state index is 13.3. The van der Waals surface area contributed by atoms with Crippen LogP contribution >= 0.6 is 0 Å². The highest BCUT2D eigenvalue weighted by Gasteiger charge is 2.28. The lowest BCUT2D eigenvalue weighted by atomic mass is 9.76. The van der Waals surface area contributed by atoms with Crippen molar-refractivity contribution in [2.24, 2.45) is 0 Å². The summed E-state index contributed by atoms with van der Waals surface area (Å²) >= 11 is 0. The Bertz CT molecular complexity index is 1780. The first kappa shape index (κ1) is 44.0. The Labute approximate surface area is 324 Å². The number of hydrogen-bond acceptors (Lipinski definition) is 4. The van der Waals surface area contributed by atoms with Crippen LogP contribution in [0.5, 0.6) is 17.2 Å². The molecular formula is C47H68O4SSi. The summed E-state index contributed by atoms with van der Waals surface area (Å²) in [5.74, 6) is 2.08. The summed E-state index contributed by atoms with van der Waals surface area (Å²) in [5, 5.41) is 0. The minimum atomic E-state index is -3.66. The van der Waals surface area contributed by atoms with Crippen molar-refractivity contribution in [2.75, 3.05) is 7.11 Å². The predicted octanol–water partition coefficient (Wildman–Crippen LogP) is 13.9. The third-order valence-electron chi connectivity index (χ3n) is 11.5. The zero-order chi connectivity index (χ0) is 39.1. The lowest BCUT2D eigenvalue weighted by Gasteiger charge is -2.29. The van der Waals surface area contributed by atoms with Gasteiger partial charge in [0.05, 0.1) is 25.0 Å². The van der Waals surface area contributed by atoms with Crippen molar-refractivity contribution in [3.05, 3.63) is 113 Å². The number of benzene rings is 4. The van der Waals surface area contributed by atoms with Crippen LogP contribution in [0.1, 0.15) is 122 Å². The summed E-state index contributed by atoms with van der Waals surface area (Å²) in [7, 11) is -3.35. The van der Waals surface area contributed by atoms with Gasteiger partial charge in [-0.15, -0.1) is 0 Å². The highest BCUT2D eigenvalue weighted by molar-refractivity contribution is 7.91. The Balaban J connectivity index is 0.00000180. The van der Waals surface area contributed by atoms with Crippen LogP contribution in [-0.4, -0.2) is 23.6 Å². The molecule has 0 fully saturated rings. The van der Waals surface area contributed by atoms with Crippen LogP contribution in [0, 0.1) is 6.92 Å². The van der Waals surface area contributed by atoms with E-state index < -0.39 is 17.9 Å². The average Bonchev–Trinajstić information content (AvgIpc) is 3.18. The van der Waals surface area contributed by atoms with E-state index in [0.717, 1.165) is 25.0 Å². The molecular weight excluding hydrogens is 689 g/mol. The summed E-state index contributed by atoms with van der Waals surface area (Å²) in [4.78, 5) is 0.462. The Morgan fingerprint density at radius 1 is 0.604 bits per heavy atom. The van der Waals surface area contributed by atoms with Crippen molar-refractivity contribution >= 4 is 17.9 Å². The molecule has 0 unspecified atom stereocenters. The van der Waals surface area contributed by atoms with Crippen LogP contribution in [0.4, 0.5) is 0 Å². The van der Waals surface area contributed by atoms with E-state index in [1.165, 1.54) is 84.1 Å². The maximum Gasteiger partial charge on any atom is 0.206 e. The number of aryl methyl sites for hydroxylation is 3. The molecule has 0 aromatic heterocycles. The number of hydrogen-bond donors (Lipinski definition) is 0. The summed E-state index contributed by atoms with van der Waals surface area (Å²) in [6, 6.07) is 32.3. The third kappa shape index (κ3) is 11.8. The smallest absolute Gasteiger partial charge is 0.206 e. The Hall–Kier alpha value is -3.35. The Morgan fingerprint density at radius 3 is 1.62 bits per heavy atom. The van der Waals surface area contributed by atoms with Gasteiger partial charge in [-0.3, -0.25) is 0 Å². The zero-order valence-electron chi connectivity index (χ0n) is 34.6. The van der Waals surface area contributed by atoms with E-state index in [9.17, 15) is 8.42 Å². The quantitative estimate of drug-likeness (QED) is 0.0706. The van der Waals surface area contributed by atoms with Gasteiger partial charge < -0.3 is 9.47 Å². The summed E-state index contributed by atoms with van der Waals surface area (Å²) < 4.78 is 38.3. The minimum absolute atomic E-state index is 0.174. The molecule has 0 bridgehead atoms. The van der Waals surface area contributed by atoms with Crippen molar-refractivity contribution in [3.63, 3.8) is 0 Å². The van der Waals surface area contributed by atoms with Crippen LogP contribution < -0.4 is 9.47 Å². The molecule has 4 rings (SSSR count). The van der Waals surface area contributed by atoms with Crippen molar-refractivity contribution in [3.8, 4) is 17.2 Å². The number of unbranched alkanes of at least 4 members (excludes halogenated alkanes) is 3. The lowest BCUT2D eigenvalue weighted by molar-refractivity contribution is 0.414. The fourth-order valence-electron chi connectivity index (χ4n) is 6.96. The molecule has 53 heavy (non-hydrogen) atoms. The molecule has 0 saturated heterocycles. The number of rotatable bonds is 19. The van der Waals surface area contributed by atoms with Crippen LogP contribution in [0.3, 0.4) is 0 Å². The van der Waals surface area contributed by atoms with Gasteiger partial charge in [-0.25, -0.2) is 8.42 Å². The van der Waals surface area contributed by atoms with Crippen molar-refractivity contribution < 1.29 is 17.9 Å². The van der Waals surface area contributed by atoms with Gasteiger partial charge in [-0.1, -0.05) is 142 Å². The van der Waals surface area contributed by atoms with Crippen molar-refractivity contribution in [2.45, 2.75) is 153 Å². The SMILES string of the molecule is CCCC.CCCCCc1cc(C(C)(C)c2ccc(Oc3ccc(S(=O)(=O)c4ccc(OC)cc4)cc3)c(CCC[Si](CC)(CC)CC)c2)ccc1C. The van der Waals surface area contributed by atoms with Gasteiger partial charge in [0.25, 0.3) is 0 Å². The standard InChI is InChI=1S/C43H58O4SSi.C4H10/c1-9-13-14-16-34-31-36(19-18-33(34)5)43(6,7)37-20-29-42(35(32-37)17-15-30-49(10-2,11-3)12-4)47-39-23-27-41(28-24-39)48(44,45)40-25-21-38(46-8)22-26-40;1-3-4-2/h18-29,31-32H,9-17,30H2,1-8H3;3-4H2,1-2H3. The van der Waals surface area contributed by atoms with E-state index in [2.05, 4.69) is 98.7 Å². The molecule has 0 N–H and O–H groups in total. The fourth-order valence-corrected chi connectivity index (χ4v) is 11.7. The average molecular weight is 757 g/mol. The molecule has 0 amide bonds. The van der Waals surface area contributed by atoms with Crippen molar-refractivity contribution in [1.82, 2.24) is 0 Å². The zero-order valence-corrected chi connectivity index (χ0v) is 36.4. The van der Waals surface area contributed by atoms with E-state index in [1.54, 1.807) is 55.6 Å². The van der Waals surface area contributed by atoms with E-state index >= 15 is 0 Å². The van der Waals surface area contributed by atoms with Crippen LogP contribution in [0.25, 0.3) is 0 Å². The Kier molecular flexibility index (Phi) is 17.4. The summed E-state index contributed by atoms with van der Waals surface area (Å²) in [6.07, 6.45) is 9.58. The second-order valence-corrected chi connectivity index (χ2v) is 22.8. The molecule has 4 nitrogen and oxygen atoms in total. The Morgan fingerprint density at radius 2 is 1.11 bits per heavy atom. The second kappa shape index (κ2) is 20.9. The molecule has 0 aliphatic heterocycles. The first-order valence-corrected chi connectivity index (χ1v) is 24.6. The van der Waals surface area contributed by atoms with Gasteiger partial charge in [0.1, 0.15) is 17.2 Å². The molecule has 0 heterocycles. The molecule has 0 aliphatic carbocycles. The van der Waals surface area contributed by atoms with Crippen molar-refractivity contribution in [1.29, 1.82) is 0 Å². The van der Waals surface area contributed by atoms with Gasteiger partial charge in [-0.05, 0) is 109 Å². The van der Waals surface area contributed by atoms with Crippen LogP contribution in [0.2, 0.25) is 24.2 Å². The fraction of sp³-hybridized carbons (Fsp3) is 0.489. The third-order valence-corrected chi connectivity index (χ3v) is 19.2. The molecule has 0 saturated carbocycles. The minimum Gasteiger partial charge on any atom is -0.497 e. The second-order valence-electron chi connectivity index (χ2n) is 15.2. The van der Waals surface area contributed by atoms with E-state index in [-0.39, 0.29) is 15.2 Å². The number of ether oxygens (including phenoxy) is 2. The van der Waals surface area contributed by atoms with E-state index in [0.29, 0.717) is 11.5 Å². The summed E-state index contributed by atoms with van der Waals surface area (Å²) in [5.41, 5.74) is 6.49. The largest absolute Gasteiger partial charge is 0.497 e. The molecule has 6 heteroatoms. The molecule has 0 radical (unpaired) electrons. The van der Waals surface area contributed by atoms with Crippen LogP contribution in [0.15, 0.2) is 94.7 Å². The predicted molar refractivity (Wildman–Crippen MR) is 229 cm³/mol. The van der Waals surface area contributed by atoms with Gasteiger partial charge >= 0.3 is 0 Å². The molecule has 290 valence electrons. The van der Waals surface area contributed by atoms with E-state index in [4.69, 9.17) is 9.47 Å². The van der Waals surface area contributed by atoms with Gasteiger partial charge in [-0.2, -0.15) is 0 Å². The first-order valence-electron chi connectivity index (χ1n) is 20.2. The van der Waals surface area contributed by atoms with E-state index in [1.807, 2.05) is 0 Å². The maximum absolute atomic E-state index is 13.3. The highest BCUT2D eigenvalue weighted by Crippen LogP contribution is 2.38. The first-order chi connectivity index (χ1) is 25.3. The molecule has 0 spiro atoms. The summed E-state index contributed by atoms with van der Waals surface area (Å²) in [6.45, 7) is 20.7. The van der Waals surface area contributed by atoms with Gasteiger partial charge in [0, 0.05) is 5.41 Å². The van der Waals surface area contributed by atoms with Gasteiger partial charge in [0.2, 0.25) is 9.84 Å². The molecule has 4 aromatic rings. The number of sulfone groups is 1. The molecule has 0 aliphatic rings.